The van der Waals surface area contributed by atoms with Gasteiger partial charge in [0.05, 0.1) is 6.61 Å². The fourth-order valence-electron chi connectivity index (χ4n) is 0.881. The van der Waals surface area contributed by atoms with Gasteiger partial charge in [-0.1, -0.05) is 13.8 Å². The SMILES string of the molecule is CC.CN(CCN)CCCCOO. The zero-order chi connectivity index (χ0) is 10.5. The molecule has 0 radical (unpaired) electrons. The van der Waals surface area contributed by atoms with Gasteiger partial charge in [0, 0.05) is 13.1 Å². The Morgan fingerprint density at radius 3 is 2.31 bits per heavy atom. The van der Waals surface area contributed by atoms with Gasteiger partial charge < -0.3 is 10.6 Å². The summed E-state index contributed by atoms with van der Waals surface area (Å²) in [5, 5.41) is 8.00. The third-order valence-electron chi connectivity index (χ3n) is 1.54. The summed E-state index contributed by atoms with van der Waals surface area (Å²) in [4.78, 5) is 6.10. The number of hydrogen-bond acceptors (Lipinski definition) is 4. The maximum Gasteiger partial charge on any atom is 0.0820 e. The Bertz CT molecular complexity index is 82.0. The highest BCUT2D eigenvalue weighted by molar-refractivity contribution is 4.51. The molecule has 0 saturated carbocycles. The van der Waals surface area contributed by atoms with Crippen molar-refractivity contribution in [1.82, 2.24) is 4.90 Å². The van der Waals surface area contributed by atoms with Crippen LogP contribution in [-0.2, 0) is 4.89 Å². The molecule has 0 spiro atoms. The number of nitrogens with two attached hydrogens (primary N) is 1. The smallest absolute Gasteiger partial charge is 0.0820 e. The minimum Gasteiger partial charge on any atom is -0.329 e. The number of unbranched alkanes of at least 4 members (excludes halogenated alkanes) is 1. The van der Waals surface area contributed by atoms with E-state index in [-0.39, 0.29) is 0 Å². The fraction of sp³-hybridized carbons (Fsp3) is 1.00. The monoisotopic (exact) mass is 192 g/mol. The van der Waals surface area contributed by atoms with Gasteiger partial charge in [0.1, 0.15) is 0 Å². The van der Waals surface area contributed by atoms with Crippen LogP contribution >= 0.6 is 0 Å². The Labute approximate surface area is 81.6 Å². The minimum atomic E-state index is 0.427. The van der Waals surface area contributed by atoms with Gasteiger partial charge in [-0.2, -0.15) is 0 Å². The molecule has 0 aliphatic carbocycles. The van der Waals surface area contributed by atoms with Gasteiger partial charge in [-0.05, 0) is 26.4 Å². The van der Waals surface area contributed by atoms with Crippen LogP contribution < -0.4 is 5.73 Å². The van der Waals surface area contributed by atoms with Crippen molar-refractivity contribution in [2.45, 2.75) is 26.7 Å². The van der Waals surface area contributed by atoms with Crippen molar-refractivity contribution < 1.29 is 10.1 Å². The second-order valence-corrected chi connectivity index (χ2v) is 2.63. The Balaban J connectivity index is 0. The van der Waals surface area contributed by atoms with Crippen LogP contribution in [0.3, 0.4) is 0 Å². The first kappa shape index (κ1) is 15.3. The number of rotatable bonds is 7. The van der Waals surface area contributed by atoms with E-state index in [0.29, 0.717) is 13.2 Å². The number of likely N-dealkylation sites (N-methyl/N-ethyl adjacent to an activating group) is 1. The van der Waals surface area contributed by atoms with Crippen LogP contribution in [0.4, 0.5) is 0 Å². The quantitative estimate of drug-likeness (QED) is 0.361. The molecule has 13 heavy (non-hydrogen) atoms. The molecular weight excluding hydrogens is 168 g/mol. The summed E-state index contributed by atoms with van der Waals surface area (Å²) in [5.74, 6) is 0. The Kier molecular flexibility index (Phi) is 16.9. The standard InChI is InChI=1S/C7H18N2O2.C2H6/c1-9(6-4-8)5-2-3-7-11-10;1-2/h10H,2-8H2,1H3;1-2H3. The van der Waals surface area contributed by atoms with Crippen molar-refractivity contribution in [3.63, 3.8) is 0 Å². The largest absolute Gasteiger partial charge is 0.329 e. The molecule has 82 valence electrons. The van der Waals surface area contributed by atoms with E-state index >= 15 is 0 Å². The van der Waals surface area contributed by atoms with Crippen LogP contribution in [-0.4, -0.2) is 43.4 Å². The van der Waals surface area contributed by atoms with Crippen molar-refractivity contribution in [3.8, 4) is 0 Å². The summed E-state index contributed by atoms with van der Waals surface area (Å²) < 4.78 is 0. The highest BCUT2D eigenvalue weighted by Gasteiger charge is 1.95. The summed E-state index contributed by atoms with van der Waals surface area (Å²) >= 11 is 0. The highest BCUT2D eigenvalue weighted by Crippen LogP contribution is 1.91. The Morgan fingerprint density at radius 2 is 1.85 bits per heavy atom. The van der Waals surface area contributed by atoms with E-state index in [1.54, 1.807) is 0 Å². The number of nitrogens with zero attached hydrogens (tertiary/aromatic N) is 1. The van der Waals surface area contributed by atoms with Crippen LogP contribution in [0.25, 0.3) is 0 Å². The lowest BCUT2D eigenvalue weighted by Gasteiger charge is -2.14. The van der Waals surface area contributed by atoms with Crippen LogP contribution in [0.1, 0.15) is 26.7 Å². The van der Waals surface area contributed by atoms with Crippen molar-refractivity contribution in [2.24, 2.45) is 5.73 Å². The highest BCUT2D eigenvalue weighted by atomic mass is 17.1. The summed E-state index contributed by atoms with van der Waals surface area (Å²) in [5.41, 5.74) is 5.35. The van der Waals surface area contributed by atoms with E-state index in [1.807, 2.05) is 20.9 Å². The summed E-state index contributed by atoms with van der Waals surface area (Å²) in [6.45, 7) is 7.07. The topological polar surface area (TPSA) is 58.7 Å². The van der Waals surface area contributed by atoms with E-state index < -0.39 is 0 Å². The lowest BCUT2D eigenvalue weighted by atomic mass is 10.3. The van der Waals surface area contributed by atoms with Gasteiger partial charge in [0.25, 0.3) is 0 Å². The van der Waals surface area contributed by atoms with Crippen molar-refractivity contribution in [3.05, 3.63) is 0 Å². The molecule has 0 aromatic heterocycles. The minimum absolute atomic E-state index is 0.427. The fourth-order valence-corrected chi connectivity index (χ4v) is 0.881. The molecule has 0 saturated heterocycles. The van der Waals surface area contributed by atoms with Crippen LogP contribution in [0.5, 0.6) is 0 Å². The molecule has 0 rings (SSSR count). The van der Waals surface area contributed by atoms with Gasteiger partial charge in [-0.3, -0.25) is 5.26 Å². The molecule has 0 aliphatic heterocycles. The number of hydrogen-bond donors (Lipinski definition) is 2. The van der Waals surface area contributed by atoms with E-state index in [2.05, 4.69) is 9.79 Å². The second-order valence-electron chi connectivity index (χ2n) is 2.63. The molecule has 0 fully saturated rings. The summed E-state index contributed by atoms with van der Waals surface area (Å²) in [6.07, 6.45) is 1.93. The molecule has 0 bridgehead atoms. The molecule has 0 aromatic carbocycles. The molecule has 0 unspecified atom stereocenters. The van der Waals surface area contributed by atoms with Crippen LogP contribution in [0.15, 0.2) is 0 Å². The van der Waals surface area contributed by atoms with E-state index in [4.69, 9.17) is 11.0 Å². The molecule has 0 amide bonds. The normalized spacial score (nSPS) is 9.69. The van der Waals surface area contributed by atoms with Crippen molar-refractivity contribution in [1.29, 1.82) is 0 Å². The lowest BCUT2D eigenvalue weighted by molar-refractivity contribution is -0.242. The predicted octanol–water partition coefficient (Wildman–Crippen LogP) is 1.17. The van der Waals surface area contributed by atoms with Gasteiger partial charge in [-0.25, -0.2) is 4.89 Å². The molecule has 0 aliphatic rings. The Morgan fingerprint density at radius 1 is 1.23 bits per heavy atom. The van der Waals surface area contributed by atoms with Crippen molar-refractivity contribution in [2.75, 3.05) is 33.3 Å². The second kappa shape index (κ2) is 14.4. The van der Waals surface area contributed by atoms with Gasteiger partial charge in [-0.15, -0.1) is 0 Å². The predicted molar refractivity (Wildman–Crippen MR) is 55.7 cm³/mol. The molecular formula is C9H24N2O2. The van der Waals surface area contributed by atoms with Crippen LogP contribution in [0, 0.1) is 0 Å². The van der Waals surface area contributed by atoms with E-state index in [0.717, 1.165) is 25.9 Å². The van der Waals surface area contributed by atoms with E-state index in [9.17, 15) is 0 Å². The van der Waals surface area contributed by atoms with Gasteiger partial charge in [0.2, 0.25) is 0 Å². The van der Waals surface area contributed by atoms with Crippen molar-refractivity contribution >= 4 is 0 Å². The van der Waals surface area contributed by atoms with Crippen LogP contribution in [0.2, 0.25) is 0 Å². The average Bonchev–Trinajstić information content (AvgIpc) is 2.16. The first-order valence-electron chi connectivity index (χ1n) is 4.96. The molecule has 4 nitrogen and oxygen atoms in total. The van der Waals surface area contributed by atoms with E-state index in [1.165, 1.54) is 0 Å². The molecule has 4 heteroatoms. The molecule has 3 N–H and O–H groups in total. The third-order valence-corrected chi connectivity index (χ3v) is 1.54. The molecule has 0 atom stereocenters. The average molecular weight is 192 g/mol. The lowest BCUT2D eigenvalue weighted by Crippen LogP contribution is -2.26. The Hall–Kier alpha value is -0.160. The van der Waals surface area contributed by atoms with Gasteiger partial charge >= 0.3 is 0 Å². The van der Waals surface area contributed by atoms with Gasteiger partial charge in [0.15, 0.2) is 0 Å². The summed E-state index contributed by atoms with van der Waals surface area (Å²) in [7, 11) is 2.03. The third kappa shape index (κ3) is 14.7. The zero-order valence-corrected chi connectivity index (χ0v) is 9.12. The maximum absolute atomic E-state index is 8.00. The summed E-state index contributed by atoms with van der Waals surface area (Å²) in [6, 6.07) is 0. The molecule has 0 aromatic rings. The zero-order valence-electron chi connectivity index (χ0n) is 9.12. The first-order valence-corrected chi connectivity index (χ1v) is 4.96. The first-order chi connectivity index (χ1) is 6.31. The maximum atomic E-state index is 8.00. The molecule has 0 heterocycles.